The third-order valence-electron chi connectivity index (χ3n) is 2.46. The van der Waals surface area contributed by atoms with E-state index in [1.165, 1.54) is 0 Å². The van der Waals surface area contributed by atoms with Crippen LogP contribution < -0.4 is 0 Å². The van der Waals surface area contributed by atoms with Gasteiger partial charge in [0.2, 0.25) is 0 Å². The van der Waals surface area contributed by atoms with E-state index in [9.17, 15) is 4.79 Å². The molecule has 94 valence electrons. The molecule has 0 spiro atoms. The van der Waals surface area contributed by atoms with E-state index in [-0.39, 0.29) is 5.91 Å². The standard InChI is InChI=1S/C13H11BrClNOS/c1-16(7-9-2-3-18-8-9)13(17)10-4-11(14)6-12(15)5-10/h2-6,8H,7H2,1H3. The van der Waals surface area contributed by atoms with E-state index < -0.39 is 0 Å². The van der Waals surface area contributed by atoms with Gasteiger partial charge in [0, 0.05) is 28.7 Å². The first-order valence-electron chi connectivity index (χ1n) is 5.29. The van der Waals surface area contributed by atoms with Gasteiger partial charge in [-0.3, -0.25) is 4.79 Å². The summed E-state index contributed by atoms with van der Waals surface area (Å²) < 4.78 is 0.808. The number of amides is 1. The number of rotatable bonds is 3. The zero-order chi connectivity index (χ0) is 13.1. The van der Waals surface area contributed by atoms with Crippen molar-refractivity contribution in [3.05, 3.63) is 55.6 Å². The lowest BCUT2D eigenvalue weighted by Gasteiger charge is -2.16. The van der Waals surface area contributed by atoms with Gasteiger partial charge < -0.3 is 4.90 Å². The molecule has 0 saturated carbocycles. The molecule has 0 N–H and O–H groups in total. The average molecular weight is 345 g/mol. The van der Waals surface area contributed by atoms with E-state index in [4.69, 9.17) is 11.6 Å². The molecule has 0 aliphatic carbocycles. The predicted molar refractivity (Wildman–Crippen MR) is 79.3 cm³/mol. The Kier molecular flexibility index (Phi) is 4.43. The Morgan fingerprint density at radius 1 is 1.44 bits per heavy atom. The Balaban J connectivity index is 2.15. The number of nitrogens with zero attached hydrogens (tertiary/aromatic N) is 1. The summed E-state index contributed by atoms with van der Waals surface area (Å²) in [6.07, 6.45) is 0. The number of halogens is 2. The first-order valence-corrected chi connectivity index (χ1v) is 7.40. The molecule has 1 amide bonds. The highest BCUT2D eigenvalue weighted by Gasteiger charge is 2.13. The van der Waals surface area contributed by atoms with Crippen LogP contribution in [-0.4, -0.2) is 17.9 Å². The maximum atomic E-state index is 12.2. The minimum Gasteiger partial charge on any atom is -0.337 e. The normalized spacial score (nSPS) is 10.4. The lowest BCUT2D eigenvalue weighted by molar-refractivity contribution is 0.0785. The summed E-state index contributed by atoms with van der Waals surface area (Å²) in [7, 11) is 1.79. The van der Waals surface area contributed by atoms with E-state index in [1.54, 1.807) is 41.5 Å². The number of hydrogen-bond acceptors (Lipinski definition) is 2. The lowest BCUT2D eigenvalue weighted by atomic mass is 10.2. The van der Waals surface area contributed by atoms with Crippen molar-refractivity contribution in [1.29, 1.82) is 0 Å². The van der Waals surface area contributed by atoms with Gasteiger partial charge in [-0.2, -0.15) is 11.3 Å². The van der Waals surface area contributed by atoms with Gasteiger partial charge in [-0.15, -0.1) is 0 Å². The molecule has 1 aromatic heterocycles. The van der Waals surface area contributed by atoms with Crippen molar-refractivity contribution in [2.24, 2.45) is 0 Å². The topological polar surface area (TPSA) is 20.3 Å². The molecule has 0 aliphatic rings. The van der Waals surface area contributed by atoms with Gasteiger partial charge in [0.1, 0.15) is 0 Å². The predicted octanol–water partition coefficient (Wildman–Crippen LogP) is 4.44. The first-order chi connectivity index (χ1) is 8.56. The highest BCUT2D eigenvalue weighted by molar-refractivity contribution is 9.10. The van der Waals surface area contributed by atoms with Crippen molar-refractivity contribution in [2.45, 2.75) is 6.54 Å². The molecule has 5 heteroatoms. The van der Waals surface area contributed by atoms with Gasteiger partial charge in [-0.25, -0.2) is 0 Å². The van der Waals surface area contributed by atoms with Crippen molar-refractivity contribution in [3.8, 4) is 0 Å². The van der Waals surface area contributed by atoms with Gasteiger partial charge >= 0.3 is 0 Å². The Bertz CT molecular complexity index is 536. The van der Waals surface area contributed by atoms with Crippen molar-refractivity contribution in [3.63, 3.8) is 0 Å². The summed E-state index contributed by atoms with van der Waals surface area (Å²) in [6, 6.07) is 7.23. The molecule has 1 heterocycles. The maximum Gasteiger partial charge on any atom is 0.253 e. The molecule has 2 nitrogen and oxygen atoms in total. The summed E-state index contributed by atoms with van der Waals surface area (Å²) in [5, 5.41) is 4.60. The number of benzene rings is 1. The number of carbonyl (C=O) groups excluding carboxylic acids is 1. The van der Waals surface area contributed by atoms with E-state index >= 15 is 0 Å². The molecule has 0 unspecified atom stereocenters. The van der Waals surface area contributed by atoms with Crippen LogP contribution in [0.25, 0.3) is 0 Å². The molecule has 0 bridgehead atoms. The highest BCUT2D eigenvalue weighted by Crippen LogP contribution is 2.21. The van der Waals surface area contributed by atoms with Gasteiger partial charge in [-0.05, 0) is 40.6 Å². The van der Waals surface area contributed by atoms with Crippen LogP contribution in [0, 0.1) is 0 Å². The average Bonchev–Trinajstić information content (AvgIpc) is 2.79. The van der Waals surface area contributed by atoms with Crippen LogP contribution in [0.15, 0.2) is 39.5 Å². The maximum absolute atomic E-state index is 12.2. The van der Waals surface area contributed by atoms with Crippen LogP contribution in [0.5, 0.6) is 0 Å². The Hall–Kier alpha value is -0.840. The molecule has 1 aromatic carbocycles. The first kappa shape index (κ1) is 13.6. The fourth-order valence-electron chi connectivity index (χ4n) is 1.63. The summed E-state index contributed by atoms with van der Waals surface area (Å²) in [6.45, 7) is 0.604. The molecular formula is C13H11BrClNOS. The molecule has 0 radical (unpaired) electrons. The number of hydrogen-bond donors (Lipinski definition) is 0. The third kappa shape index (κ3) is 3.34. The van der Waals surface area contributed by atoms with Gasteiger partial charge in [0.05, 0.1) is 0 Å². The molecular weight excluding hydrogens is 334 g/mol. The minimum absolute atomic E-state index is 0.0376. The van der Waals surface area contributed by atoms with Gasteiger partial charge in [0.15, 0.2) is 0 Å². The molecule has 18 heavy (non-hydrogen) atoms. The highest BCUT2D eigenvalue weighted by atomic mass is 79.9. The SMILES string of the molecule is CN(Cc1ccsc1)C(=O)c1cc(Cl)cc(Br)c1. The molecule has 2 aromatic rings. The van der Waals surface area contributed by atoms with Crippen molar-refractivity contribution >= 4 is 44.8 Å². The van der Waals surface area contributed by atoms with Crippen LogP contribution in [0.2, 0.25) is 5.02 Å². The summed E-state index contributed by atoms with van der Waals surface area (Å²) >= 11 is 10.9. The van der Waals surface area contributed by atoms with Crippen LogP contribution in [-0.2, 0) is 6.54 Å². The molecule has 0 fully saturated rings. The second-order valence-electron chi connectivity index (χ2n) is 3.95. The zero-order valence-corrected chi connectivity index (χ0v) is 12.8. The Labute approximate surface area is 123 Å². The van der Waals surface area contributed by atoms with Crippen molar-refractivity contribution in [1.82, 2.24) is 4.90 Å². The van der Waals surface area contributed by atoms with Crippen LogP contribution >= 0.6 is 38.9 Å². The van der Waals surface area contributed by atoms with E-state index in [1.807, 2.05) is 16.8 Å². The van der Waals surface area contributed by atoms with Gasteiger partial charge in [-0.1, -0.05) is 27.5 Å². The minimum atomic E-state index is -0.0376. The smallest absolute Gasteiger partial charge is 0.253 e. The largest absolute Gasteiger partial charge is 0.337 e. The van der Waals surface area contributed by atoms with Crippen LogP contribution in [0.1, 0.15) is 15.9 Å². The van der Waals surface area contributed by atoms with E-state index in [2.05, 4.69) is 15.9 Å². The molecule has 0 aliphatic heterocycles. The summed E-state index contributed by atoms with van der Waals surface area (Å²) in [5.74, 6) is -0.0376. The van der Waals surface area contributed by atoms with E-state index in [0.717, 1.165) is 10.0 Å². The number of thiophene rings is 1. The van der Waals surface area contributed by atoms with Crippen molar-refractivity contribution in [2.75, 3.05) is 7.05 Å². The zero-order valence-electron chi connectivity index (χ0n) is 9.69. The second kappa shape index (κ2) is 5.87. The molecule has 0 saturated heterocycles. The molecule has 0 atom stereocenters. The number of carbonyl (C=O) groups is 1. The summed E-state index contributed by atoms with van der Waals surface area (Å²) in [5.41, 5.74) is 1.73. The summed E-state index contributed by atoms with van der Waals surface area (Å²) in [4.78, 5) is 13.9. The Morgan fingerprint density at radius 2 is 2.22 bits per heavy atom. The van der Waals surface area contributed by atoms with E-state index in [0.29, 0.717) is 17.1 Å². The van der Waals surface area contributed by atoms with Crippen molar-refractivity contribution < 1.29 is 4.79 Å². The molecule has 2 rings (SSSR count). The van der Waals surface area contributed by atoms with Crippen LogP contribution in [0.4, 0.5) is 0 Å². The van der Waals surface area contributed by atoms with Gasteiger partial charge in [0.25, 0.3) is 5.91 Å². The van der Waals surface area contributed by atoms with Crippen LogP contribution in [0.3, 0.4) is 0 Å². The monoisotopic (exact) mass is 343 g/mol. The second-order valence-corrected chi connectivity index (χ2v) is 6.08. The lowest BCUT2D eigenvalue weighted by Crippen LogP contribution is -2.25. The third-order valence-corrected chi connectivity index (χ3v) is 3.86. The quantitative estimate of drug-likeness (QED) is 0.806. The Morgan fingerprint density at radius 3 is 2.83 bits per heavy atom. The fraction of sp³-hybridized carbons (Fsp3) is 0.154. The fourth-order valence-corrected chi connectivity index (χ4v) is 3.15.